The molecule has 0 saturated carbocycles. The first-order valence-electron chi connectivity index (χ1n) is 17.9. The molecule has 4 aromatic carbocycles. The summed E-state index contributed by atoms with van der Waals surface area (Å²) < 4.78 is 61.6. The molecule has 9 nitrogen and oxygen atoms in total. The topological polar surface area (TPSA) is 111 Å². The summed E-state index contributed by atoms with van der Waals surface area (Å²) in [5.74, 6) is -3.32. The molecule has 0 unspecified atom stereocenters. The molecule has 1 aliphatic rings. The summed E-state index contributed by atoms with van der Waals surface area (Å²) in [5.41, 5.74) is 6.48. The number of hydrogen-bond acceptors (Lipinski definition) is 7. The van der Waals surface area contributed by atoms with Gasteiger partial charge in [0.15, 0.2) is 11.6 Å². The first-order chi connectivity index (χ1) is 25.8. The lowest BCUT2D eigenvalue weighted by atomic mass is 10.0. The fourth-order valence-corrected chi connectivity index (χ4v) is 6.25. The van der Waals surface area contributed by atoms with Gasteiger partial charge in [0.1, 0.15) is 29.4 Å². The minimum absolute atomic E-state index is 0.00196. The number of likely N-dealkylation sites (tertiary alicyclic amines) is 1. The van der Waals surface area contributed by atoms with Gasteiger partial charge in [0.25, 0.3) is 0 Å². The second-order valence-corrected chi connectivity index (χ2v) is 15.8. The number of amides is 2. The monoisotopic (exact) mass is 779 g/mol. The van der Waals surface area contributed by atoms with Gasteiger partial charge in [0.05, 0.1) is 29.4 Å². The Morgan fingerprint density at radius 2 is 1.47 bits per heavy atom. The van der Waals surface area contributed by atoms with Gasteiger partial charge in [0, 0.05) is 23.7 Å². The van der Waals surface area contributed by atoms with Gasteiger partial charge in [0.2, 0.25) is 5.91 Å². The van der Waals surface area contributed by atoms with Crippen molar-refractivity contribution in [3.63, 3.8) is 0 Å². The molecule has 0 aromatic heterocycles. The van der Waals surface area contributed by atoms with E-state index < -0.39 is 59.1 Å². The largest absolute Gasteiger partial charge is 0.486 e. The molecule has 0 radical (unpaired) electrons. The molecule has 55 heavy (non-hydrogen) atoms. The summed E-state index contributed by atoms with van der Waals surface area (Å²) in [6.45, 7) is 10.6. The van der Waals surface area contributed by atoms with E-state index in [1.807, 2.05) is 0 Å². The first-order valence-corrected chi connectivity index (χ1v) is 18.2. The SMILES string of the molecule is CC(C)(C)OC(=O)c1ccc(N)c(N(C[C@@H]2CCCN2C(=O)OC(C)(C)C)C(=O)Cc2ccc(-c3ccc(F)c(OCc4ccc(Cl)cc4F)c3)cc2F)c1. The average molecular weight is 780 g/mol. The summed E-state index contributed by atoms with van der Waals surface area (Å²) in [4.78, 5) is 43.4. The Kier molecular flexibility index (Phi) is 12.4. The van der Waals surface area contributed by atoms with Gasteiger partial charge in [-0.15, -0.1) is 0 Å². The maximum absolute atomic E-state index is 15.8. The molecule has 0 spiro atoms. The van der Waals surface area contributed by atoms with E-state index in [4.69, 9.17) is 31.5 Å². The molecule has 292 valence electrons. The third-order valence-electron chi connectivity index (χ3n) is 8.71. The molecular weight excluding hydrogens is 735 g/mol. The number of nitrogen functional groups attached to an aromatic ring is 1. The van der Waals surface area contributed by atoms with E-state index >= 15 is 4.39 Å². The third kappa shape index (κ3) is 10.7. The van der Waals surface area contributed by atoms with Crippen molar-refractivity contribution in [2.45, 2.75) is 84.7 Å². The van der Waals surface area contributed by atoms with Crippen molar-refractivity contribution in [3.8, 4) is 16.9 Å². The van der Waals surface area contributed by atoms with Crippen molar-refractivity contribution < 1.29 is 41.8 Å². The van der Waals surface area contributed by atoms with Crippen molar-refractivity contribution in [1.82, 2.24) is 4.90 Å². The number of benzene rings is 4. The van der Waals surface area contributed by atoms with Crippen LogP contribution in [0.15, 0.2) is 72.8 Å². The van der Waals surface area contributed by atoms with E-state index in [1.165, 1.54) is 59.5 Å². The smallest absolute Gasteiger partial charge is 0.410 e. The highest BCUT2D eigenvalue weighted by atomic mass is 35.5. The number of rotatable bonds is 10. The Morgan fingerprint density at radius 1 is 0.818 bits per heavy atom. The van der Waals surface area contributed by atoms with Gasteiger partial charge in [-0.3, -0.25) is 4.79 Å². The summed E-state index contributed by atoms with van der Waals surface area (Å²) in [5, 5.41) is 0.212. The summed E-state index contributed by atoms with van der Waals surface area (Å²) in [6, 6.07) is 16.3. The van der Waals surface area contributed by atoms with Crippen LogP contribution < -0.4 is 15.4 Å². The lowest BCUT2D eigenvalue weighted by Crippen LogP contribution is -2.47. The van der Waals surface area contributed by atoms with Crippen LogP contribution >= 0.6 is 11.6 Å². The van der Waals surface area contributed by atoms with Crippen LogP contribution in [0.3, 0.4) is 0 Å². The molecule has 1 heterocycles. The number of nitrogens with two attached hydrogens (primary N) is 1. The molecule has 5 rings (SSSR count). The van der Waals surface area contributed by atoms with Gasteiger partial charge in [-0.2, -0.15) is 0 Å². The van der Waals surface area contributed by atoms with E-state index in [2.05, 4.69) is 0 Å². The normalized spacial score (nSPS) is 14.4. The van der Waals surface area contributed by atoms with Crippen molar-refractivity contribution >= 4 is 40.9 Å². The highest BCUT2D eigenvalue weighted by Crippen LogP contribution is 2.32. The number of ether oxygens (including phenoxy) is 3. The minimum Gasteiger partial charge on any atom is -0.486 e. The van der Waals surface area contributed by atoms with Crippen LogP contribution in [0.5, 0.6) is 5.75 Å². The van der Waals surface area contributed by atoms with Crippen LogP contribution in [-0.2, 0) is 27.3 Å². The molecule has 0 aliphatic carbocycles. The van der Waals surface area contributed by atoms with E-state index in [0.717, 1.165) is 12.1 Å². The standard InChI is InChI=1S/C42H45ClF3N3O6/c1-41(2,3)54-39(51)28-13-16-35(47)36(19-28)49(23-31-8-7-17-48(31)40(52)55-42(4,5)6)38(50)21-27-10-9-25(18-33(27)45)26-12-15-32(44)37(20-26)53-24-29-11-14-30(43)22-34(29)46/h9-16,18-20,22,31H,7-8,17,21,23-24,47H2,1-6H3/t31-/m0/s1. The zero-order valence-corrected chi connectivity index (χ0v) is 32.4. The van der Waals surface area contributed by atoms with Crippen molar-refractivity contribution in [2.24, 2.45) is 0 Å². The Bertz CT molecular complexity index is 2080. The summed E-state index contributed by atoms with van der Waals surface area (Å²) in [6.07, 6.45) is 0.316. The fourth-order valence-electron chi connectivity index (χ4n) is 6.09. The molecule has 1 aliphatic heterocycles. The molecular formula is C42H45ClF3N3O6. The quantitative estimate of drug-likeness (QED) is 0.126. The number of hydrogen-bond donors (Lipinski definition) is 1. The maximum atomic E-state index is 15.8. The molecule has 1 fully saturated rings. The lowest BCUT2D eigenvalue weighted by molar-refractivity contribution is -0.118. The number of carbonyl (C=O) groups excluding carboxylic acids is 3. The second-order valence-electron chi connectivity index (χ2n) is 15.4. The van der Waals surface area contributed by atoms with Gasteiger partial charge < -0.3 is 29.7 Å². The molecule has 1 atom stereocenters. The highest BCUT2D eigenvalue weighted by Gasteiger charge is 2.35. The van der Waals surface area contributed by atoms with Crippen LogP contribution in [0.2, 0.25) is 5.02 Å². The van der Waals surface area contributed by atoms with Crippen molar-refractivity contribution in [1.29, 1.82) is 0 Å². The molecule has 0 bridgehead atoms. The van der Waals surface area contributed by atoms with E-state index in [1.54, 1.807) is 52.5 Å². The van der Waals surface area contributed by atoms with E-state index in [-0.39, 0.29) is 52.0 Å². The van der Waals surface area contributed by atoms with Crippen LogP contribution in [0.1, 0.15) is 75.9 Å². The van der Waals surface area contributed by atoms with Crippen LogP contribution in [0.4, 0.5) is 29.3 Å². The average Bonchev–Trinajstić information content (AvgIpc) is 3.56. The zero-order valence-electron chi connectivity index (χ0n) is 31.7. The van der Waals surface area contributed by atoms with Crippen LogP contribution in [-0.4, -0.2) is 53.2 Å². The lowest BCUT2D eigenvalue weighted by Gasteiger charge is -2.33. The van der Waals surface area contributed by atoms with Gasteiger partial charge >= 0.3 is 12.1 Å². The highest BCUT2D eigenvalue weighted by molar-refractivity contribution is 6.30. The predicted octanol–water partition coefficient (Wildman–Crippen LogP) is 9.52. The Morgan fingerprint density at radius 3 is 2.15 bits per heavy atom. The number of carbonyl (C=O) groups is 3. The van der Waals surface area contributed by atoms with Crippen molar-refractivity contribution in [3.05, 3.63) is 112 Å². The van der Waals surface area contributed by atoms with Gasteiger partial charge in [-0.1, -0.05) is 35.9 Å². The number of anilines is 2. The van der Waals surface area contributed by atoms with Crippen LogP contribution in [0.25, 0.3) is 11.1 Å². The van der Waals surface area contributed by atoms with Gasteiger partial charge in [-0.05, 0) is 120 Å². The Balaban J connectivity index is 1.41. The van der Waals surface area contributed by atoms with Gasteiger partial charge in [-0.25, -0.2) is 22.8 Å². The number of halogens is 4. The third-order valence-corrected chi connectivity index (χ3v) is 8.95. The number of nitrogens with zero attached hydrogens (tertiary/aromatic N) is 2. The second kappa shape index (κ2) is 16.6. The summed E-state index contributed by atoms with van der Waals surface area (Å²) >= 11 is 5.82. The molecule has 13 heteroatoms. The van der Waals surface area contributed by atoms with E-state index in [0.29, 0.717) is 30.5 Å². The first kappa shape index (κ1) is 40.9. The fraction of sp³-hybridized carbons (Fsp3) is 0.357. The summed E-state index contributed by atoms with van der Waals surface area (Å²) in [7, 11) is 0. The van der Waals surface area contributed by atoms with Crippen molar-refractivity contribution in [2.75, 3.05) is 23.7 Å². The molecule has 1 saturated heterocycles. The number of esters is 1. The minimum atomic E-state index is -0.783. The molecule has 4 aromatic rings. The Labute approximate surface area is 324 Å². The predicted molar refractivity (Wildman–Crippen MR) is 206 cm³/mol. The zero-order chi connectivity index (χ0) is 40.2. The molecule has 2 N–H and O–H groups in total. The van der Waals surface area contributed by atoms with Crippen LogP contribution in [0, 0.1) is 17.5 Å². The maximum Gasteiger partial charge on any atom is 0.410 e. The molecule has 2 amide bonds. The van der Waals surface area contributed by atoms with E-state index in [9.17, 15) is 23.2 Å². The Hall–Kier alpha value is -5.23.